The highest BCUT2D eigenvalue weighted by Gasteiger charge is 2.05. The molecule has 0 rings (SSSR count). The van der Waals surface area contributed by atoms with Crippen molar-refractivity contribution in [2.45, 2.75) is 51.6 Å². The summed E-state index contributed by atoms with van der Waals surface area (Å²) in [5.74, 6) is -0.727. The molecule has 0 spiro atoms. The van der Waals surface area contributed by atoms with Crippen LogP contribution in [0.4, 0.5) is 0 Å². The van der Waals surface area contributed by atoms with Gasteiger partial charge in [0.05, 0.1) is 12.7 Å². The highest BCUT2D eigenvalue weighted by Crippen LogP contribution is 2.09. The number of hydrogen-bond donors (Lipinski definition) is 0. The smallest absolute Gasteiger partial charge is 0.330 e. The molecule has 0 fully saturated rings. The first-order valence-corrected chi connectivity index (χ1v) is 6.72. The molecule has 0 aromatic heterocycles. The number of carbonyl (C=O) groups excluding carboxylic acids is 2. The maximum Gasteiger partial charge on any atom is 0.330 e. The van der Waals surface area contributed by atoms with Crippen molar-refractivity contribution >= 4 is 11.9 Å². The zero-order chi connectivity index (χ0) is 14.5. The van der Waals surface area contributed by atoms with Crippen molar-refractivity contribution in [2.24, 2.45) is 0 Å². The molecule has 4 heteroatoms. The third-order valence-electron chi connectivity index (χ3n) is 2.65. The van der Waals surface area contributed by atoms with E-state index in [1.54, 1.807) is 0 Å². The lowest BCUT2D eigenvalue weighted by molar-refractivity contribution is -0.142. The van der Waals surface area contributed by atoms with Crippen LogP contribution in [0.3, 0.4) is 0 Å². The van der Waals surface area contributed by atoms with Gasteiger partial charge in [-0.05, 0) is 26.2 Å². The van der Waals surface area contributed by atoms with Crippen LogP contribution in [-0.2, 0) is 19.1 Å². The van der Waals surface area contributed by atoms with E-state index in [-0.39, 0.29) is 18.0 Å². The topological polar surface area (TPSA) is 52.6 Å². The Morgan fingerprint density at radius 2 is 1.58 bits per heavy atom. The molecule has 0 radical (unpaired) electrons. The SMILES string of the molecule is C=CC(=O)OCCCCCCCC(C)OC(=O)C=C. The molecular formula is C15H24O4. The summed E-state index contributed by atoms with van der Waals surface area (Å²) in [5.41, 5.74) is 0. The molecule has 0 aliphatic carbocycles. The highest BCUT2D eigenvalue weighted by atomic mass is 16.5. The Morgan fingerprint density at radius 3 is 2.21 bits per heavy atom. The normalized spacial score (nSPS) is 11.4. The average molecular weight is 268 g/mol. The van der Waals surface area contributed by atoms with Crippen molar-refractivity contribution in [3.8, 4) is 0 Å². The summed E-state index contributed by atoms with van der Waals surface area (Å²) in [6.07, 6.45) is 8.28. The van der Waals surface area contributed by atoms with E-state index < -0.39 is 0 Å². The Labute approximate surface area is 115 Å². The molecule has 0 bridgehead atoms. The van der Waals surface area contributed by atoms with E-state index >= 15 is 0 Å². The van der Waals surface area contributed by atoms with Crippen LogP contribution >= 0.6 is 0 Å². The third kappa shape index (κ3) is 11.3. The van der Waals surface area contributed by atoms with Crippen LogP contribution in [0.5, 0.6) is 0 Å². The number of hydrogen-bond acceptors (Lipinski definition) is 4. The molecule has 108 valence electrons. The molecule has 0 aliphatic heterocycles. The Bertz CT molecular complexity index is 297. The molecule has 1 unspecified atom stereocenters. The summed E-state index contributed by atoms with van der Waals surface area (Å²) in [6, 6.07) is 0. The fourth-order valence-electron chi connectivity index (χ4n) is 1.60. The lowest BCUT2D eigenvalue weighted by atomic mass is 10.1. The quantitative estimate of drug-likeness (QED) is 0.328. The Balaban J connectivity index is 3.31. The summed E-state index contributed by atoms with van der Waals surface area (Å²) < 4.78 is 9.93. The minimum atomic E-state index is -0.364. The van der Waals surface area contributed by atoms with Gasteiger partial charge in [0.15, 0.2) is 0 Å². The van der Waals surface area contributed by atoms with Gasteiger partial charge in [0.2, 0.25) is 0 Å². The van der Waals surface area contributed by atoms with Gasteiger partial charge >= 0.3 is 11.9 Å². The second-order valence-electron chi connectivity index (χ2n) is 4.38. The molecule has 0 saturated heterocycles. The minimum Gasteiger partial charge on any atom is -0.463 e. The van der Waals surface area contributed by atoms with Gasteiger partial charge in [-0.15, -0.1) is 0 Å². The van der Waals surface area contributed by atoms with Crippen LogP contribution < -0.4 is 0 Å². The van der Waals surface area contributed by atoms with E-state index in [9.17, 15) is 9.59 Å². The van der Waals surface area contributed by atoms with Crippen molar-refractivity contribution in [1.82, 2.24) is 0 Å². The fraction of sp³-hybridized carbons (Fsp3) is 0.600. The summed E-state index contributed by atoms with van der Waals surface area (Å²) >= 11 is 0. The van der Waals surface area contributed by atoms with Gasteiger partial charge in [0, 0.05) is 12.2 Å². The monoisotopic (exact) mass is 268 g/mol. The van der Waals surface area contributed by atoms with Crippen LogP contribution in [0.15, 0.2) is 25.3 Å². The minimum absolute atomic E-state index is 0.0564. The van der Waals surface area contributed by atoms with E-state index in [1.807, 2.05) is 6.92 Å². The Kier molecular flexibility index (Phi) is 10.6. The number of esters is 2. The summed E-state index contributed by atoms with van der Waals surface area (Å²) in [7, 11) is 0. The van der Waals surface area contributed by atoms with Crippen molar-refractivity contribution in [3.63, 3.8) is 0 Å². The fourth-order valence-corrected chi connectivity index (χ4v) is 1.60. The summed E-state index contributed by atoms with van der Waals surface area (Å²) in [6.45, 7) is 9.02. The van der Waals surface area contributed by atoms with E-state index in [0.29, 0.717) is 6.61 Å². The van der Waals surface area contributed by atoms with E-state index in [4.69, 9.17) is 9.47 Å². The second-order valence-corrected chi connectivity index (χ2v) is 4.38. The van der Waals surface area contributed by atoms with Gasteiger partial charge in [0.25, 0.3) is 0 Å². The summed E-state index contributed by atoms with van der Waals surface area (Å²) in [4.78, 5) is 21.7. The van der Waals surface area contributed by atoms with Gasteiger partial charge in [-0.1, -0.05) is 32.4 Å². The zero-order valence-electron chi connectivity index (χ0n) is 11.7. The molecule has 4 nitrogen and oxygen atoms in total. The Hall–Kier alpha value is -1.58. The molecule has 0 aromatic carbocycles. The maximum absolute atomic E-state index is 10.9. The largest absolute Gasteiger partial charge is 0.463 e. The predicted octanol–water partition coefficient (Wildman–Crippen LogP) is 3.17. The van der Waals surface area contributed by atoms with Crippen LogP contribution in [0, 0.1) is 0 Å². The first-order valence-electron chi connectivity index (χ1n) is 6.72. The van der Waals surface area contributed by atoms with Gasteiger partial charge in [0.1, 0.15) is 0 Å². The molecule has 0 saturated carbocycles. The van der Waals surface area contributed by atoms with Crippen LogP contribution in [-0.4, -0.2) is 24.6 Å². The number of unbranched alkanes of at least 4 members (excludes halogenated alkanes) is 4. The van der Waals surface area contributed by atoms with E-state index in [2.05, 4.69) is 13.2 Å². The van der Waals surface area contributed by atoms with E-state index in [1.165, 1.54) is 12.2 Å². The molecule has 0 N–H and O–H groups in total. The molecular weight excluding hydrogens is 244 g/mol. The highest BCUT2D eigenvalue weighted by molar-refractivity contribution is 5.81. The van der Waals surface area contributed by atoms with Crippen molar-refractivity contribution in [3.05, 3.63) is 25.3 Å². The molecule has 0 heterocycles. The predicted molar refractivity (Wildman–Crippen MR) is 74.6 cm³/mol. The van der Waals surface area contributed by atoms with Crippen LogP contribution in [0.25, 0.3) is 0 Å². The van der Waals surface area contributed by atoms with Crippen molar-refractivity contribution in [1.29, 1.82) is 0 Å². The standard InChI is InChI=1S/C15H24O4/c1-4-14(16)18-12-10-8-6-7-9-11-13(3)19-15(17)5-2/h4-5,13H,1-2,6-12H2,3H3. The zero-order valence-corrected chi connectivity index (χ0v) is 11.7. The van der Waals surface area contributed by atoms with Crippen molar-refractivity contribution in [2.75, 3.05) is 6.61 Å². The van der Waals surface area contributed by atoms with Crippen molar-refractivity contribution < 1.29 is 19.1 Å². The lowest BCUT2D eigenvalue weighted by Crippen LogP contribution is -2.12. The molecule has 0 aromatic rings. The van der Waals surface area contributed by atoms with Crippen LogP contribution in [0.2, 0.25) is 0 Å². The van der Waals surface area contributed by atoms with Gasteiger partial charge < -0.3 is 9.47 Å². The first-order chi connectivity index (χ1) is 9.10. The molecule has 19 heavy (non-hydrogen) atoms. The first kappa shape index (κ1) is 17.4. The van der Waals surface area contributed by atoms with E-state index in [0.717, 1.165) is 38.5 Å². The number of ether oxygens (including phenoxy) is 2. The molecule has 0 aliphatic rings. The third-order valence-corrected chi connectivity index (χ3v) is 2.65. The summed E-state index contributed by atoms with van der Waals surface area (Å²) in [5, 5.41) is 0. The lowest BCUT2D eigenvalue weighted by Gasteiger charge is -2.11. The average Bonchev–Trinajstić information content (AvgIpc) is 2.41. The molecule has 1 atom stereocenters. The second kappa shape index (κ2) is 11.5. The van der Waals surface area contributed by atoms with Gasteiger partial charge in [-0.3, -0.25) is 0 Å². The van der Waals surface area contributed by atoms with Gasteiger partial charge in [-0.25, -0.2) is 9.59 Å². The number of carbonyl (C=O) groups is 2. The maximum atomic E-state index is 10.9. The Morgan fingerprint density at radius 1 is 1.00 bits per heavy atom. The van der Waals surface area contributed by atoms with Crippen LogP contribution in [0.1, 0.15) is 45.4 Å². The van der Waals surface area contributed by atoms with Gasteiger partial charge in [-0.2, -0.15) is 0 Å². The number of rotatable bonds is 11. The molecule has 0 amide bonds.